The second-order valence-corrected chi connectivity index (χ2v) is 15.6. The van der Waals surface area contributed by atoms with Gasteiger partial charge in [-0.25, -0.2) is 0 Å². The van der Waals surface area contributed by atoms with Gasteiger partial charge in [-0.05, 0) is 93.2 Å². The van der Waals surface area contributed by atoms with Crippen LogP contribution in [0.25, 0.3) is 93.6 Å². The minimum Gasteiger partial charge on any atom is -0.454 e. The zero-order valence-electron chi connectivity index (χ0n) is 33.2. The highest BCUT2D eigenvalue weighted by molar-refractivity contribution is 6.18. The molecule has 0 saturated heterocycles. The molecule has 0 fully saturated rings. The Morgan fingerprint density at radius 1 is 0.344 bits per heavy atom. The van der Waals surface area contributed by atoms with E-state index in [9.17, 15) is 0 Å². The lowest BCUT2D eigenvalue weighted by Gasteiger charge is -2.28. The van der Waals surface area contributed by atoms with Gasteiger partial charge in [-0.1, -0.05) is 176 Å². The number of hydrogen-bond donors (Lipinski definition) is 0. The van der Waals surface area contributed by atoms with E-state index < -0.39 is 0 Å². The molecule has 2 heterocycles. The molecule has 0 amide bonds. The molecule has 61 heavy (non-hydrogen) atoms. The highest BCUT2D eigenvalue weighted by Crippen LogP contribution is 2.46. The van der Waals surface area contributed by atoms with Crippen molar-refractivity contribution in [2.75, 3.05) is 4.90 Å². The molecule has 10 aromatic carbocycles. The lowest BCUT2D eigenvalue weighted by Crippen LogP contribution is -2.11. The first-order chi connectivity index (χ1) is 30.3. The number of furan rings is 1. The Kier molecular flexibility index (Phi) is 8.17. The molecule has 2 aromatic heterocycles. The van der Waals surface area contributed by atoms with Gasteiger partial charge >= 0.3 is 0 Å². The first-order valence-corrected chi connectivity index (χ1v) is 20.8. The fraction of sp³-hybridized carbons (Fsp3) is 0. The van der Waals surface area contributed by atoms with Crippen LogP contribution in [0.2, 0.25) is 0 Å². The molecule has 3 heteroatoms. The van der Waals surface area contributed by atoms with Crippen molar-refractivity contribution in [3.63, 3.8) is 0 Å². The molecule has 0 aliphatic carbocycles. The predicted molar refractivity (Wildman–Crippen MR) is 257 cm³/mol. The van der Waals surface area contributed by atoms with E-state index in [1.54, 1.807) is 0 Å². The molecule has 0 bridgehead atoms. The lowest BCUT2D eigenvalue weighted by atomic mass is 9.96. The second-order valence-electron chi connectivity index (χ2n) is 15.6. The van der Waals surface area contributed by atoms with Gasteiger partial charge in [0, 0.05) is 38.5 Å². The highest BCUT2D eigenvalue weighted by atomic mass is 16.3. The number of benzene rings is 10. The lowest BCUT2D eigenvalue weighted by molar-refractivity contribution is 0.666. The fourth-order valence-electron chi connectivity index (χ4n) is 9.43. The SMILES string of the molecule is c1ccc(N(c2ccc(-c3ccc(-c4cccc5ccccc45)cc3)cc2)c2ccccc2-c2cccc3c2c2ccccc2n3-c2cccc3c2oc2ccccc23)cc1. The molecule has 12 aromatic rings. The molecule has 0 aliphatic rings. The zero-order valence-corrected chi connectivity index (χ0v) is 33.2. The van der Waals surface area contributed by atoms with E-state index >= 15 is 0 Å². The number of fused-ring (bicyclic) bond motifs is 7. The van der Waals surface area contributed by atoms with Crippen molar-refractivity contribution in [1.29, 1.82) is 0 Å². The Bertz CT molecular complexity index is 3570. The Morgan fingerprint density at radius 3 is 1.75 bits per heavy atom. The van der Waals surface area contributed by atoms with E-state index in [2.05, 4.69) is 234 Å². The third-order valence-electron chi connectivity index (χ3n) is 12.2. The van der Waals surface area contributed by atoms with Crippen molar-refractivity contribution in [2.24, 2.45) is 0 Å². The Labute approximate surface area is 353 Å². The predicted octanol–water partition coefficient (Wildman–Crippen LogP) is 16.3. The Balaban J connectivity index is 0.982. The van der Waals surface area contributed by atoms with Crippen molar-refractivity contribution in [2.45, 2.75) is 0 Å². The molecule has 0 atom stereocenters. The van der Waals surface area contributed by atoms with E-state index in [0.29, 0.717) is 0 Å². The summed E-state index contributed by atoms with van der Waals surface area (Å²) in [6, 6.07) is 82.8. The molecule has 0 unspecified atom stereocenters. The minimum atomic E-state index is 0.886. The Hall–Kier alpha value is -8.14. The van der Waals surface area contributed by atoms with E-state index in [1.165, 1.54) is 49.4 Å². The van der Waals surface area contributed by atoms with Crippen LogP contribution in [0.1, 0.15) is 0 Å². The maximum absolute atomic E-state index is 6.62. The first kappa shape index (κ1) is 34.9. The highest BCUT2D eigenvalue weighted by Gasteiger charge is 2.23. The quantitative estimate of drug-likeness (QED) is 0.161. The van der Waals surface area contributed by atoms with Crippen LogP contribution in [0.5, 0.6) is 0 Å². The summed E-state index contributed by atoms with van der Waals surface area (Å²) in [5.41, 5.74) is 15.5. The molecule has 0 N–H and O–H groups in total. The van der Waals surface area contributed by atoms with E-state index in [-0.39, 0.29) is 0 Å². The topological polar surface area (TPSA) is 21.3 Å². The van der Waals surface area contributed by atoms with Gasteiger partial charge in [-0.3, -0.25) is 0 Å². The van der Waals surface area contributed by atoms with Gasteiger partial charge in [-0.2, -0.15) is 0 Å². The van der Waals surface area contributed by atoms with Crippen LogP contribution < -0.4 is 4.90 Å². The monoisotopic (exact) mass is 778 g/mol. The zero-order chi connectivity index (χ0) is 40.3. The summed E-state index contributed by atoms with van der Waals surface area (Å²) in [6.45, 7) is 0. The van der Waals surface area contributed by atoms with Crippen molar-refractivity contribution in [3.05, 3.63) is 231 Å². The minimum absolute atomic E-state index is 0.886. The van der Waals surface area contributed by atoms with Gasteiger partial charge in [0.2, 0.25) is 0 Å². The van der Waals surface area contributed by atoms with Crippen molar-refractivity contribution < 1.29 is 4.42 Å². The third kappa shape index (κ3) is 5.74. The average molecular weight is 779 g/mol. The molecule has 0 spiro atoms. The van der Waals surface area contributed by atoms with Crippen LogP contribution in [0.3, 0.4) is 0 Å². The van der Waals surface area contributed by atoms with E-state index in [1.807, 2.05) is 6.07 Å². The van der Waals surface area contributed by atoms with Gasteiger partial charge in [-0.15, -0.1) is 0 Å². The van der Waals surface area contributed by atoms with Crippen molar-refractivity contribution in [3.8, 4) is 39.1 Å². The van der Waals surface area contributed by atoms with Gasteiger partial charge < -0.3 is 13.9 Å². The van der Waals surface area contributed by atoms with Gasteiger partial charge in [0.1, 0.15) is 5.58 Å². The van der Waals surface area contributed by atoms with Crippen molar-refractivity contribution in [1.82, 2.24) is 4.57 Å². The third-order valence-corrected chi connectivity index (χ3v) is 12.2. The van der Waals surface area contributed by atoms with Crippen molar-refractivity contribution >= 4 is 71.6 Å². The molecular formula is C58H38N2O. The Morgan fingerprint density at radius 2 is 0.902 bits per heavy atom. The molecule has 0 radical (unpaired) electrons. The normalized spacial score (nSPS) is 11.6. The molecule has 0 saturated carbocycles. The molecule has 12 rings (SSSR count). The maximum atomic E-state index is 6.62. The number of hydrogen-bond acceptors (Lipinski definition) is 2. The van der Waals surface area contributed by atoms with E-state index in [4.69, 9.17) is 4.42 Å². The van der Waals surface area contributed by atoms with Gasteiger partial charge in [0.25, 0.3) is 0 Å². The maximum Gasteiger partial charge on any atom is 0.159 e. The van der Waals surface area contributed by atoms with Crippen LogP contribution in [-0.4, -0.2) is 4.57 Å². The number of nitrogens with zero attached hydrogens (tertiary/aromatic N) is 2. The fourth-order valence-corrected chi connectivity index (χ4v) is 9.43. The average Bonchev–Trinajstić information content (AvgIpc) is 3.89. The number of rotatable bonds is 7. The number of para-hydroxylation sites is 5. The van der Waals surface area contributed by atoms with Crippen LogP contribution >= 0.6 is 0 Å². The van der Waals surface area contributed by atoms with Crippen LogP contribution in [0.4, 0.5) is 17.1 Å². The summed E-state index contributed by atoms with van der Waals surface area (Å²) in [4.78, 5) is 2.38. The molecule has 3 nitrogen and oxygen atoms in total. The summed E-state index contributed by atoms with van der Waals surface area (Å²) in [5.74, 6) is 0. The summed E-state index contributed by atoms with van der Waals surface area (Å²) in [7, 11) is 0. The summed E-state index contributed by atoms with van der Waals surface area (Å²) < 4.78 is 8.99. The van der Waals surface area contributed by atoms with Crippen LogP contribution in [0.15, 0.2) is 235 Å². The molecule has 0 aliphatic heterocycles. The number of aromatic nitrogens is 1. The summed E-state index contributed by atoms with van der Waals surface area (Å²) >= 11 is 0. The van der Waals surface area contributed by atoms with E-state index in [0.717, 1.165) is 61.3 Å². The molecule has 286 valence electrons. The van der Waals surface area contributed by atoms with Gasteiger partial charge in [0.15, 0.2) is 5.58 Å². The number of anilines is 3. The first-order valence-electron chi connectivity index (χ1n) is 20.8. The smallest absolute Gasteiger partial charge is 0.159 e. The van der Waals surface area contributed by atoms with Gasteiger partial charge in [0.05, 0.1) is 22.4 Å². The molecular weight excluding hydrogens is 741 g/mol. The summed E-state index contributed by atoms with van der Waals surface area (Å²) in [5, 5.41) is 7.16. The largest absolute Gasteiger partial charge is 0.454 e. The van der Waals surface area contributed by atoms with Crippen LogP contribution in [0, 0.1) is 0 Å². The second kappa shape index (κ2) is 14.3. The standard InChI is InChI=1S/C58H38N2O/c1-2-17-43(18-3-1)59(44-37-35-40(36-38-44)39-31-33-42(34-32-39)46-23-12-16-41-15-4-5-19-45(41)46)52-26-9-6-20-47(52)49-24-13-28-54-57(49)51-22-7-10-27-53(51)60(54)55-29-14-25-50-48-21-8-11-30-56(48)61-58(50)55/h1-38H. The van der Waals surface area contributed by atoms with Crippen LogP contribution in [-0.2, 0) is 0 Å². The summed E-state index contributed by atoms with van der Waals surface area (Å²) in [6.07, 6.45) is 0.